The number of carboxylic acids is 1. The Kier molecular flexibility index (Phi) is 2.66. The zero-order valence-electron chi connectivity index (χ0n) is 7.34. The number of rotatable bonds is 2. The SMILES string of the molecule is O=C(O)[C@H]1CN(c2ccc(Br)s2)C(=O)O1. The third-order valence-electron chi connectivity index (χ3n) is 1.91. The highest BCUT2D eigenvalue weighted by Crippen LogP contribution is 2.32. The van der Waals surface area contributed by atoms with Gasteiger partial charge in [-0.05, 0) is 28.1 Å². The van der Waals surface area contributed by atoms with Gasteiger partial charge in [0, 0.05) is 0 Å². The molecule has 0 aromatic carbocycles. The van der Waals surface area contributed by atoms with Crippen LogP contribution in [-0.4, -0.2) is 29.8 Å². The molecule has 0 spiro atoms. The number of ether oxygens (including phenoxy) is 1. The Morgan fingerprint density at radius 1 is 1.67 bits per heavy atom. The van der Waals surface area contributed by atoms with Crippen molar-refractivity contribution in [2.75, 3.05) is 11.4 Å². The number of hydrogen-bond donors (Lipinski definition) is 1. The molecule has 1 N–H and O–H groups in total. The van der Waals surface area contributed by atoms with E-state index in [1.54, 1.807) is 12.1 Å². The minimum absolute atomic E-state index is 0.0567. The highest BCUT2D eigenvalue weighted by atomic mass is 79.9. The number of halogens is 1. The van der Waals surface area contributed by atoms with Crippen molar-refractivity contribution in [1.82, 2.24) is 0 Å². The lowest BCUT2D eigenvalue weighted by molar-refractivity contribution is -0.144. The summed E-state index contributed by atoms with van der Waals surface area (Å²) < 4.78 is 5.56. The Bertz CT molecular complexity index is 419. The van der Waals surface area contributed by atoms with Crippen molar-refractivity contribution >= 4 is 44.3 Å². The maximum atomic E-state index is 11.3. The number of carboxylic acid groups (broad SMARTS) is 1. The maximum absolute atomic E-state index is 11.3. The van der Waals surface area contributed by atoms with Gasteiger partial charge in [0.05, 0.1) is 10.3 Å². The van der Waals surface area contributed by atoms with Gasteiger partial charge in [0.25, 0.3) is 0 Å². The first kappa shape index (κ1) is 10.4. The standard InChI is InChI=1S/C8H6BrNO4S/c9-5-1-2-6(15-5)10-3-4(7(11)12)14-8(10)13/h1-2,4H,3H2,(H,11,12)/t4-/m1/s1. The molecule has 1 aliphatic heterocycles. The van der Waals surface area contributed by atoms with Gasteiger partial charge in [0.15, 0.2) is 0 Å². The van der Waals surface area contributed by atoms with Crippen LogP contribution in [0.1, 0.15) is 0 Å². The second-order valence-corrected chi connectivity index (χ2v) is 5.34. The first-order chi connectivity index (χ1) is 7.08. The van der Waals surface area contributed by atoms with Crippen LogP contribution in [0.3, 0.4) is 0 Å². The molecule has 0 saturated carbocycles. The van der Waals surface area contributed by atoms with Gasteiger partial charge >= 0.3 is 12.1 Å². The van der Waals surface area contributed by atoms with E-state index in [4.69, 9.17) is 5.11 Å². The summed E-state index contributed by atoms with van der Waals surface area (Å²) in [6.07, 6.45) is -1.69. The van der Waals surface area contributed by atoms with Gasteiger partial charge in [-0.25, -0.2) is 9.59 Å². The number of anilines is 1. The van der Waals surface area contributed by atoms with Crippen molar-refractivity contribution in [3.63, 3.8) is 0 Å². The van der Waals surface area contributed by atoms with Gasteiger partial charge in [-0.15, -0.1) is 11.3 Å². The second kappa shape index (κ2) is 3.82. The number of aliphatic carboxylic acids is 1. The highest BCUT2D eigenvalue weighted by molar-refractivity contribution is 9.11. The maximum Gasteiger partial charge on any atom is 0.415 e. The van der Waals surface area contributed by atoms with E-state index in [0.29, 0.717) is 5.00 Å². The Hall–Kier alpha value is -1.08. The zero-order valence-corrected chi connectivity index (χ0v) is 9.75. The molecule has 2 rings (SSSR count). The molecule has 15 heavy (non-hydrogen) atoms. The van der Waals surface area contributed by atoms with E-state index in [0.717, 1.165) is 3.79 Å². The van der Waals surface area contributed by atoms with Crippen molar-refractivity contribution in [2.24, 2.45) is 0 Å². The predicted octanol–water partition coefficient (Wildman–Crippen LogP) is 1.92. The first-order valence-electron chi connectivity index (χ1n) is 4.04. The van der Waals surface area contributed by atoms with Gasteiger partial charge in [0.1, 0.15) is 5.00 Å². The molecule has 80 valence electrons. The van der Waals surface area contributed by atoms with E-state index in [1.807, 2.05) is 0 Å². The first-order valence-corrected chi connectivity index (χ1v) is 5.65. The molecule has 0 radical (unpaired) electrons. The Balaban J connectivity index is 2.18. The largest absolute Gasteiger partial charge is 0.478 e. The zero-order chi connectivity index (χ0) is 11.0. The van der Waals surface area contributed by atoms with Crippen LogP contribution in [-0.2, 0) is 9.53 Å². The summed E-state index contributed by atoms with van der Waals surface area (Å²) in [5.74, 6) is -1.12. The smallest absolute Gasteiger partial charge is 0.415 e. The van der Waals surface area contributed by atoms with Crippen LogP contribution in [0.4, 0.5) is 9.80 Å². The summed E-state index contributed by atoms with van der Waals surface area (Å²) in [4.78, 5) is 23.3. The van der Waals surface area contributed by atoms with Crippen LogP contribution in [0.15, 0.2) is 15.9 Å². The summed E-state index contributed by atoms with van der Waals surface area (Å²) in [7, 11) is 0. The number of carbonyl (C=O) groups is 2. The lowest BCUT2D eigenvalue weighted by Crippen LogP contribution is -2.26. The average molecular weight is 292 g/mol. The van der Waals surface area contributed by atoms with Gasteiger partial charge in [-0.1, -0.05) is 0 Å². The molecular formula is C8H6BrNO4S. The van der Waals surface area contributed by atoms with Crippen LogP contribution in [0.2, 0.25) is 0 Å². The number of nitrogens with zero attached hydrogens (tertiary/aromatic N) is 1. The molecule has 5 nitrogen and oxygen atoms in total. The molecule has 1 aromatic rings. The molecule has 0 aliphatic carbocycles. The second-order valence-electron chi connectivity index (χ2n) is 2.90. The molecular weight excluding hydrogens is 286 g/mol. The lowest BCUT2D eigenvalue weighted by atomic mass is 10.3. The summed E-state index contributed by atoms with van der Waals surface area (Å²) >= 11 is 4.62. The van der Waals surface area contributed by atoms with Gasteiger partial charge in [0.2, 0.25) is 6.10 Å². The molecule has 1 atom stereocenters. The molecule has 7 heteroatoms. The van der Waals surface area contributed by atoms with E-state index in [-0.39, 0.29) is 6.54 Å². The van der Waals surface area contributed by atoms with Crippen LogP contribution >= 0.6 is 27.3 Å². The minimum atomic E-state index is -1.12. The molecule has 1 aromatic heterocycles. The molecule has 0 bridgehead atoms. The van der Waals surface area contributed by atoms with E-state index >= 15 is 0 Å². The fourth-order valence-corrected chi connectivity index (χ4v) is 2.58. The van der Waals surface area contributed by atoms with Gasteiger partial charge in [-0.3, -0.25) is 4.90 Å². The number of cyclic esters (lactones) is 1. The quantitative estimate of drug-likeness (QED) is 0.904. The number of thiophene rings is 1. The Morgan fingerprint density at radius 2 is 2.40 bits per heavy atom. The molecule has 1 amide bonds. The molecule has 1 fully saturated rings. The van der Waals surface area contributed by atoms with Crippen LogP contribution in [0.5, 0.6) is 0 Å². The van der Waals surface area contributed by atoms with Crippen molar-refractivity contribution in [2.45, 2.75) is 6.10 Å². The monoisotopic (exact) mass is 291 g/mol. The summed E-state index contributed by atoms with van der Waals surface area (Å²) in [5.41, 5.74) is 0. The van der Waals surface area contributed by atoms with Crippen LogP contribution < -0.4 is 4.90 Å². The summed E-state index contributed by atoms with van der Waals surface area (Å²) in [6.45, 7) is 0.0567. The van der Waals surface area contributed by atoms with Crippen molar-refractivity contribution in [3.8, 4) is 0 Å². The van der Waals surface area contributed by atoms with E-state index in [1.165, 1.54) is 16.2 Å². The summed E-state index contributed by atoms with van der Waals surface area (Å²) in [6, 6.07) is 3.53. The van der Waals surface area contributed by atoms with Crippen molar-refractivity contribution < 1.29 is 19.4 Å². The van der Waals surface area contributed by atoms with Gasteiger partial charge in [-0.2, -0.15) is 0 Å². The van der Waals surface area contributed by atoms with Gasteiger partial charge < -0.3 is 9.84 Å². The topological polar surface area (TPSA) is 66.8 Å². The highest BCUT2D eigenvalue weighted by Gasteiger charge is 2.37. The van der Waals surface area contributed by atoms with Crippen LogP contribution in [0, 0.1) is 0 Å². The van der Waals surface area contributed by atoms with E-state index < -0.39 is 18.2 Å². The number of hydrogen-bond acceptors (Lipinski definition) is 4. The molecule has 1 saturated heterocycles. The Morgan fingerprint density at radius 3 is 2.87 bits per heavy atom. The third-order valence-corrected chi connectivity index (χ3v) is 3.56. The number of amides is 1. The minimum Gasteiger partial charge on any atom is -0.478 e. The normalized spacial score (nSPS) is 20.5. The molecule has 1 aliphatic rings. The van der Waals surface area contributed by atoms with E-state index in [9.17, 15) is 9.59 Å². The van der Waals surface area contributed by atoms with Crippen molar-refractivity contribution in [1.29, 1.82) is 0 Å². The van der Waals surface area contributed by atoms with E-state index in [2.05, 4.69) is 20.7 Å². The Labute approximate surface area is 97.4 Å². The molecule has 2 heterocycles. The van der Waals surface area contributed by atoms with Crippen LogP contribution in [0.25, 0.3) is 0 Å². The number of carbonyl (C=O) groups excluding carboxylic acids is 1. The fourth-order valence-electron chi connectivity index (χ4n) is 1.22. The fraction of sp³-hybridized carbons (Fsp3) is 0.250. The molecule has 0 unspecified atom stereocenters. The average Bonchev–Trinajstić information content (AvgIpc) is 2.71. The lowest BCUT2D eigenvalue weighted by Gasteiger charge is -2.08. The predicted molar refractivity (Wildman–Crippen MR) is 57.3 cm³/mol. The van der Waals surface area contributed by atoms with Crippen molar-refractivity contribution in [3.05, 3.63) is 15.9 Å². The third kappa shape index (κ3) is 1.98. The summed E-state index contributed by atoms with van der Waals surface area (Å²) in [5, 5.41) is 9.37.